The molecule has 0 amide bonds. The van der Waals surface area contributed by atoms with Crippen molar-refractivity contribution in [1.29, 1.82) is 0 Å². The number of rotatable bonds is 5. The van der Waals surface area contributed by atoms with E-state index < -0.39 is 0 Å². The van der Waals surface area contributed by atoms with Crippen LogP contribution in [-0.4, -0.2) is 32.7 Å². The zero-order chi connectivity index (χ0) is 16.5. The van der Waals surface area contributed by atoms with Gasteiger partial charge in [0, 0.05) is 30.9 Å². The first-order valence-electron chi connectivity index (χ1n) is 7.63. The number of ether oxygens (including phenoxy) is 1. The fourth-order valence-electron chi connectivity index (χ4n) is 2.74. The summed E-state index contributed by atoms with van der Waals surface area (Å²) in [6, 6.07) is 6.28. The predicted octanol–water partition coefficient (Wildman–Crippen LogP) is 3.15. The molecule has 0 aliphatic carbocycles. The van der Waals surface area contributed by atoms with Crippen LogP contribution < -0.4 is 15.4 Å². The molecule has 22 heavy (non-hydrogen) atoms. The number of fused-ring (bicyclic) bond motifs is 1. The van der Waals surface area contributed by atoms with Crippen molar-refractivity contribution >= 4 is 16.6 Å². The van der Waals surface area contributed by atoms with E-state index in [9.17, 15) is 0 Å². The minimum Gasteiger partial charge on any atom is -0.494 e. The quantitative estimate of drug-likeness (QED) is 0.921. The van der Waals surface area contributed by atoms with Crippen molar-refractivity contribution in [2.75, 3.05) is 32.6 Å². The second kappa shape index (κ2) is 6.13. The molecule has 2 N–H and O–H groups in total. The molecule has 4 nitrogen and oxygen atoms in total. The number of hydrogen-bond donors (Lipinski definition) is 1. The van der Waals surface area contributed by atoms with E-state index in [2.05, 4.69) is 45.0 Å². The molecule has 1 aromatic heterocycles. The highest BCUT2D eigenvalue weighted by molar-refractivity contribution is 5.98. The van der Waals surface area contributed by atoms with Gasteiger partial charge < -0.3 is 15.4 Å². The van der Waals surface area contributed by atoms with Gasteiger partial charge in [0.1, 0.15) is 11.3 Å². The molecular formula is C18H27N3O. The summed E-state index contributed by atoms with van der Waals surface area (Å²) in [5.74, 6) is 0.816. The number of aromatic nitrogens is 1. The average molecular weight is 301 g/mol. The van der Waals surface area contributed by atoms with Crippen LogP contribution in [0, 0.1) is 12.3 Å². The molecule has 0 radical (unpaired) electrons. The van der Waals surface area contributed by atoms with Crippen LogP contribution in [0.2, 0.25) is 0 Å². The largest absolute Gasteiger partial charge is 0.494 e. The van der Waals surface area contributed by atoms with Crippen LogP contribution in [0.25, 0.3) is 10.9 Å². The van der Waals surface area contributed by atoms with Crippen LogP contribution in [-0.2, 0) is 6.42 Å². The van der Waals surface area contributed by atoms with Crippen molar-refractivity contribution in [3.05, 3.63) is 29.5 Å². The molecule has 2 aromatic rings. The van der Waals surface area contributed by atoms with E-state index in [1.165, 1.54) is 11.3 Å². The Morgan fingerprint density at radius 1 is 1.27 bits per heavy atom. The van der Waals surface area contributed by atoms with E-state index in [4.69, 9.17) is 15.5 Å². The number of aryl methyl sites for hydroxylation is 1. The molecule has 2 rings (SSSR count). The number of pyridine rings is 1. The van der Waals surface area contributed by atoms with E-state index in [0.717, 1.165) is 28.8 Å². The first-order valence-corrected chi connectivity index (χ1v) is 7.63. The molecule has 0 unspecified atom stereocenters. The maximum absolute atomic E-state index is 5.93. The van der Waals surface area contributed by atoms with Crippen molar-refractivity contribution in [2.45, 2.75) is 27.2 Å². The Bertz CT molecular complexity index is 678. The van der Waals surface area contributed by atoms with Crippen molar-refractivity contribution in [1.82, 2.24) is 4.98 Å². The summed E-state index contributed by atoms with van der Waals surface area (Å²) in [4.78, 5) is 6.86. The number of benzene rings is 1. The lowest BCUT2D eigenvalue weighted by atomic mass is 9.84. The number of nitrogens with zero attached hydrogens (tertiary/aromatic N) is 2. The lowest BCUT2D eigenvalue weighted by Gasteiger charge is -2.25. The van der Waals surface area contributed by atoms with Gasteiger partial charge in [0.15, 0.2) is 0 Å². The maximum Gasteiger partial charge on any atom is 0.145 e. The molecule has 0 bridgehead atoms. The average Bonchev–Trinajstić information content (AvgIpc) is 2.46. The zero-order valence-electron chi connectivity index (χ0n) is 14.5. The molecule has 0 saturated carbocycles. The maximum atomic E-state index is 5.93. The van der Waals surface area contributed by atoms with Gasteiger partial charge in [-0.25, -0.2) is 4.98 Å². The van der Waals surface area contributed by atoms with Gasteiger partial charge in [0.25, 0.3) is 0 Å². The van der Waals surface area contributed by atoms with Gasteiger partial charge in [-0.05, 0) is 43.0 Å². The highest BCUT2D eigenvalue weighted by Gasteiger charge is 2.21. The monoisotopic (exact) mass is 301 g/mol. The molecule has 1 heterocycles. The van der Waals surface area contributed by atoms with Gasteiger partial charge >= 0.3 is 0 Å². The first kappa shape index (κ1) is 16.6. The van der Waals surface area contributed by atoms with Crippen LogP contribution in [0.3, 0.4) is 0 Å². The van der Waals surface area contributed by atoms with Gasteiger partial charge in [-0.1, -0.05) is 19.9 Å². The normalized spacial score (nSPS) is 11.8. The van der Waals surface area contributed by atoms with Crippen molar-refractivity contribution in [3.8, 4) is 5.75 Å². The molecule has 0 aliphatic rings. The van der Waals surface area contributed by atoms with E-state index in [1.54, 1.807) is 7.11 Å². The van der Waals surface area contributed by atoms with Crippen molar-refractivity contribution in [3.63, 3.8) is 0 Å². The number of nitrogens with two attached hydrogens (primary N) is 1. The third kappa shape index (κ3) is 3.17. The van der Waals surface area contributed by atoms with Crippen LogP contribution >= 0.6 is 0 Å². The molecule has 120 valence electrons. The van der Waals surface area contributed by atoms with Gasteiger partial charge in [-0.3, -0.25) is 0 Å². The van der Waals surface area contributed by atoms with Gasteiger partial charge in [-0.15, -0.1) is 0 Å². The Labute approximate surface area is 133 Å². The Hall–Kier alpha value is -1.81. The summed E-state index contributed by atoms with van der Waals surface area (Å²) in [6.45, 7) is 7.06. The molecule has 0 atom stereocenters. The summed E-state index contributed by atoms with van der Waals surface area (Å²) in [5, 5.41) is 1.16. The van der Waals surface area contributed by atoms with Crippen LogP contribution in [0.5, 0.6) is 5.75 Å². The molecule has 0 saturated heterocycles. The topological polar surface area (TPSA) is 51.4 Å². The molecule has 4 heteroatoms. The second-order valence-corrected chi connectivity index (χ2v) is 6.87. The van der Waals surface area contributed by atoms with E-state index in [-0.39, 0.29) is 5.41 Å². The van der Waals surface area contributed by atoms with Gasteiger partial charge in [0.05, 0.1) is 7.11 Å². The molecule has 0 fully saturated rings. The van der Waals surface area contributed by atoms with E-state index in [1.807, 2.05) is 13.0 Å². The van der Waals surface area contributed by atoms with Crippen LogP contribution in [0.15, 0.2) is 18.2 Å². The highest BCUT2D eigenvalue weighted by atomic mass is 16.5. The minimum absolute atomic E-state index is 0.0516. The molecular weight excluding hydrogens is 274 g/mol. The predicted molar refractivity (Wildman–Crippen MR) is 93.9 cm³/mol. The number of anilines is 1. The molecule has 0 spiro atoms. The fraction of sp³-hybridized carbons (Fsp3) is 0.500. The van der Waals surface area contributed by atoms with Crippen molar-refractivity contribution in [2.24, 2.45) is 11.1 Å². The van der Waals surface area contributed by atoms with Crippen molar-refractivity contribution < 1.29 is 4.74 Å². The smallest absolute Gasteiger partial charge is 0.145 e. The summed E-state index contributed by atoms with van der Waals surface area (Å²) in [7, 11) is 5.81. The Morgan fingerprint density at radius 3 is 2.50 bits per heavy atom. The first-order chi connectivity index (χ1) is 10.3. The van der Waals surface area contributed by atoms with E-state index >= 15 is 0 Å². The van der Waals surface area contributed by atoms with Crippen LogP contribution in [0.4, 0.5) is 5.69 Å². The third-order valence-electron chi connectivity index (χ3n) is 4.04. The SMILES string of the molecule is COc1ccc(CC(C)(C)CN)c2c(N(C)C)cc(C)nc12. The lowest BCUT2D eigenvalue weighted by Crippen LogP contribution is -2.26. The zero-order valence-corrected chi connectivity index (χ0v) is 14.5. The summed E-state index contributed by atoms with van der Waals surface area (Å²) in [5.41, 5.74) is 10.3. The number of hydrogen-bond acceptors (Lipinski definition) is 4. The second-order valence-electron chi connectivity index (χ2n) is 6.87. The third-order valence-corrected chi connectivity index (χ3v) is 4.04. The summed E-state index contributed by atoms with van der Waals surface area (Å²) >= 11 is 0. The van der Waals surface area contributed by atoms with E-state index in [0.29, 0.717) is 6.54 Å². The van der Waals surface area contributed by atoms with Gasteiger partial charge in [0.2, 0.25) is 0 Å². The minimum atomic E-state index is 0.0516. The highest BCUT2D eigenvalue weighted by Crippen LogP contribution is 2.36. The summed E-state index contributed by atoms with van der Waals surface area (Å²) in [6.07, 6.45) is 0.912. The fourth-order valence-corrected chi connectivity index (χ4v) is 2.74. The summed E-state index contributed by atoms with van der Waals surface area (Å²) < 4.78 is 5.52. The Morgan fingerprint density at radius 2 is 1.95 bits per heavy atom. The Kier molecular flexibility index (Phi) is 4.61. The standard InChI is InChI=1S/C18H27N3O/c1-12-9-14(21(4)5)16-13(10-18(2,3)11-19)7-8-15(22-6)17(16)20-12/h7-9H,10-11,19H2,1-6H3. The lowest BCUT2D eigenvalue weighted by molar-refractivity contribution is 0.377. The molecule has 1 aromatic carbocycles. The number of methoxy groups -OCH3 is 1. The van der Waals surface area contributed by atoms with Crippen LogP contribution in [0.1, 0.15) is 25.1 Å². The Balaban J connectivity index is 2.77. The van der Waals surface area contributed by atoms with Gasteiger partial charge in [-0.2, -0.15) is 0 Å². The molecule has 0 aliphatic heterocycles.